The Morgan fingerprint density at radius 3 is 2.60 bits per heavy atom. The number of benzene rings is 2. The molecule has 0 radical (unpaired) electrons. The van der Waals surface area contributed by atoms with E-state index in [1.54, 1.807) is 19.2 Å². The maximum absolute atomic E-state index is 13.0. The summed E-state index contributed by atoms with van der Waals surface area (Å²) in [6.07, 6.45) is 1.17. The van der Waals surface area contributed by atoms with Crippen molar-refractivity contribution in [3.8, 4) is 11.4 Å². The molecule has 30 heavy (non-hydrogen) atoms. The topological polar surface area (TPSA) is 88.3 Å². The second-order valence-corrected chi connectivity index (χ2v) is 6.83. The van der Waals surface area contributed by atoms with E-state index in [4.69, 9.17) is 4.52 Å². The molecule has 0 saturated heterocycles. The molecule has 0 unspecified atom stereocenters. The second kappa shape index (κ2) is 9.78. The largest absolute Gasteiger partial charge is 0.339 e. The van der Waals surface area contributed by atoms with Crippen molar-refractivity contribution in [3.05, 3.63) is 65.8 Å². The minimum atomic E-state index is -0.349. The summed E-state index contributed by atoms with van der Waals surface area (Å²) in [5.74, 6) is -0.186. The summed E-state index contributed by atoms with van der Waals surface area (Å²) in [6, 6.07) is 13.3. The first-order valence-corrected chi connectivity index (χ1v) is 9.66. The molecule has 1 N–H and O–H groups in total. The molecule has 8 heteroatoms. The van der Waals surface area contributed by atoms with Crippen LogP contribution in [0.2, 0.25) is 0 Å². The summed E-state index contributed by atoms with van der Waals surface area (Å²) in [7, 11) is 1.57. The number of hydrogen-bond acceptors (Lipinski definition) is 5. The number of halogens is 1. The highest BCUT2D eigenvalue weighted by Gasteiger charge is 2.16. The molecule has 0 aliphatic carbocycles. The molecule has 2 amide bonds. The van der Waals surface area contributed by atoms with Crippen LogP contribution in [0.25, 0.3) is 11.4 Å². The molecule has 2 aromatic carbocycles. The highest BCUT2D eigenvalue weighted by molar-refractivity contribution is 5.95. The molecule has 0 aliphatic rings. The van der Waals surface area contributed by atoms with Crippen molar-refractivity contribution in [2.24, 2.45) is 0 Å². The lowest BCUT2D eigenvalue weighted by atomic mass is 10.1. The van der Waals surface area contributed by atoms with Crippen molar-refractivity contribution >= 4 is 17.5 Å². The lowest BCUT2D eigenvalue weighted by Crippen LogP contribution is -2.35. The second-order valence-electron chi connectivity index (χ2n) is 6.83. The van der Waals surface area contributed by atoms with Gasteiger partial charge < -0.3 is 14.7 Å². The Morgan fingerprint density at radius 1 is 1.13 bits per heavy atom. The number of anilines is 1. The van der Waals surface area contributed by atoms with Gasteiger partial charge in [0.1, 0.15) is 5.82 Å². The monoisotopic (exact) mass is 410 g/mol. The average Bonchev–Trinajstić information content (AvgIpc) is 3.21. The van der Waals surface area contributed by atoms with Crippen LogP contribution in [-0.2, 0) is 22.4 Å². The van der Waals surface area contributed by atoms with Gasteiger partial charge in [-0.2, -0.15) is 4.98 Å². The van der Waals surface area contributed by atoms with Gasteiger partial charge >= 0.3 is 0 Å². The van der Waals surface area contributed by atoms with E-state index in [2.05, 4.69) is 15.5 Å². The summed E-state index contributed by atoms with van der Waals surface area (Å²) < 4.78 is 18.2. The molecule has 3 aromatic rings. The van der Waals surface area contributed by atoms with Crippen LogP contribution in [0.1, 0.15) is 24.8 Å². The van der Waals surface area contributed by atoms with E-state index in [9.17, 15) is 14.0 Å². The molecule has 0 fully saturated rings. The quantitative estimate of drug-likeness (QED) is 0.614. The van der Waals surface area contributed by atoms with Crippen LogP contribution < -0.4 is 5.32 Å². The Labute approximate surface area is 173 Å². The normalized spacial score (nSPS) is 10.6. The van der Waals surface area contributed by atoms with E-state index >= 15 is 0 Å². The Morgan fingerprint density at radius 2 is 1.87 bits per heavy atom. The SMILES string of the molecule is CCc1ccccc1NC(=O)CN(C)C(=O)CCc1nc(-c2ccc(F)cc2)no1. The third-order valence-corrected chi connectivity index (χ3v) is 4.60. The number of rotatable bonds is 8. The van der Waals surface area contributed by atoms with Crippen molar-refractivity contribution in [3.63, 3.8) is 0 Å². The number of carbonyl (C=O) groups excluding carboxylic acids is 2. The number of hydrogen-bond donors (Lipinski definition) is 1. The molecule has 3 rings (SSSR count). The van der Waals surface area contributed by atoms with Crippen molar-refractivity contribution in [2.45, 2.75) is 26.2 Å². The van der Waals surface area contributed by atoms with E-state index in [1.807, 2.05) is 31.2 Å². The molecule has 0 atom stereocenters. The molecule has 0 saturated carbocycles. The maximum Gasteiger partial charge on any atom is 0.243 e. The predicted molar refractivity (Wildman–Crippen MR) is 110 cm³/mol. The van der Waals surface area contributed by atoms with Gasteiger partial charge in [0, 0.05) is 31.1 Å². The summed E-state index contributed by atoms with van der Waals surface area (Å²) in [4.78, 5) is 30.2. The van der Waals surface area contributed by atoms with Gasteiger partial charge in [0.15, 0.2) is 0 Å². The first-order valence-electron chi connectivity index (χ1n) is 9.66. The number of nitrogens with one attached hydrogen (secondary N) is 1. The summed E-state index contributed by atoms with van der Waals surface area (Å²) in [5, 5.41) is 6.70. The van der Waals surface area contributed by atoms with Crippen LogP contribution in [-0.4, -0.2) is 40.4 Å². The Hall–Kier alpha value is -3.55. The van der Waals surface area contributed by atoms with Crippen LogP contribution in [0.3, 0.4) is 0 Å². The number of nitrogens with zero attached hydrogens (tertiary/aromatic N) is 3. The first-order chi connectivity index (χ1) is 14.5. The number of amides is 2. The summed E-state index contributed by atoms with van der Waals surface area (Å²) in [5.41, 5.74) is 2.41. The lowest BCUT2D eigenvalue weighted by molar-refractivity contribution is -0.133. The number of likely N-dealkylation sites (N-methyl/N-ethyl adjacent to an activating group) is 1. The van der Waals surface area contributed by atoms with E-state index < -0.39 is 0 Å². The van der Waals surface area contributed by atoms with Crippen molar-refractivity contribution in [1.29, 1.82) is 0 Å². The van der Waals surface area contributed by atoms with E-state index in [-0.39, 0.29) is 37.0 Å². The Balaban J connectivity index is 1.50. The average molecular weight is 410 g/mol. The van der Waals surface area contributed by atoms with Gasteiger partial charge in [-0.05, 0) is 42.3 Å². The zero-order valence-electron chi connectivity index (χ0n) is 16.9. The maximum atomic E-state index is 13.0. The molecule has 0 bridgehead atoms. The molecular weight excluding hydrogens is 387 g/mol. The van der Waals surface area contributed by atoms with Crippen LogP contribution in [0.4, 0.5) is 10.1 Å². The van der Waals surface area contributed by atoms with Crippen molar-refractivity contribution < 1.29 is 18.5 Å². The minimum Gasteiger partial charge on any atom is -0.339 e. The third kappa shape index (κ3) is 5.50. The van der Waals surface area contributed by atoms with Gasteiger partial charge in [0.05, 0.1) is 6.54 Å². The number of aromatic nitrogens is 2. The zero-order valence-corrected chi connectivity index (χ0v) is 16.9. The summed E-state index contributed by atoms with van der Waals surface area (Å²) in [6.45, 7) is 1.96. The Kier molecular flexibility index (Phi) is 6.90. The van der Waals surface area contributed by atoms with E-state index in [0.717, 1.165) is 17.7 Å². The van der Waals surface area contributed by atoms with Gasteiger partial charge in [-0.3, -0.25) is 9.59 Å². The van der Waals surface area contributed by atoms with Gasteiger partial charge in [-0.25, -0.2) is 4.39 Å². The smallest absolute Gasteiger partial charge is 0.243 e. The molecular formula is C22H23FN4O3. The van der Waals surface area contributed by atoms with Crippen LogP contribution in [0.15, 0.2) is 53.1 Å². The fourth-order valence-electron chi connectivity index (χ4n) is 2.92. The van der Waals surface area contributed by atoms with E-state index in [0.29, 0.717) is 17.3 Å². The third-order valence-electron chi connectivity index (χ3n) is 4.60. The van der Waals surface area contributed by atoms with Gasteiger partial charge in [-0.1, -0.05) is 30.3 Å². The predicted octanol–water partition coefficient (Wildman–Crippen LogP) is 3.47. The molecule has 0 spiro atoms. The number of aryl methyl sites for hydroxylation is 2. The lowest BCUT2D eigenvalue weighted by Gasteiger charge is -2.17. The minimum absolute atomic E-state index is 0.0540. The molecule has 0 aliphatic heterocycles. The van der Waals surface area contributed by atoms with E-state index in [1.165, 1.54) is 17.0 Å². The first kappa shape index (κ1) is 21.2. The van der Waals surface area contributed by atoms with Gasteiger partial charge in [0.25, 0.3) is 0 Å². The van der Waals surface area contributed by atoms with Gasteiger partial charge in [-0.15, -0.1) is 0 Å². The number of para-hydroxylation sites is 1. The molecule has 1 heterocycles. The highest BCUT2D eigenvalue weighted by Crippen LogP contribution is 2.17. The zero-order chi connectivity index (χ0) is 21.5. The number of carbonyl (C=O) groups is 2. The van der Waals surface area contributed by atoms with Crippen LogP contribution in [0, 0.1) is 5.82 Å². The highest BCUT2D eigenvalue weighted by atomic mass is 19.1. The fraction of sp³-hybridized carbons (Fsp3) is 0.273. The van der Waals surface area contributed by atoms with Crippen molar-refractivity contribution in [1.82, 2.24) is 15.0 Å². The van der Waals surface area contributed by atoms with Crippen LogP contribution >= 0.6 is 0 Å². The fourth-order valence-corrected chi connectivity index (χ4v) is 2.92. The molecule has 7 nitrogen and oxygen atoms in total. The van der Waals surface area contributed by atoms with Crippen molar-refractivity contribution in [2.75, 3.05) is 18.9 Å². The molecule has 1 aromatic heterocycles. The Bertz CT molecular complexity index is 1020. The summed E-state index contributed by atoms with van der Waals surface area (Å²) >= 11 is 0. The van der Waals surface area contributed by atoms with Gasteiger partial charge in [0.2, 0.25) is 23.5 Å². The molecule has 156 valence electrons. The van der Waals surface area contributed by atoms with Crippen LogP contribution in [0.5, 0.6) is 0 Å². The standard InChI is InChI=1S/C22H23FN4O3/c1-3-15-6-4-5-7-18(15)24-19(28)14-27(2)21(29)13-12-20-25-22(26-30-20)16-8-10-17(23)11-9-16/h4-11H,3,12-14H2,1-2H3,(H,24,28).